The Kier molecular flexibility index (Phi) is 6.06. The minimum Gasteiger partial charge on any atom is -0.441 e. The van der Waals surface area contributed by atoms with Gasteiger partial charge in [-0.05, 0) is 55.8 Å². The molecule has 2 N–H and O–H groups in total. The number of ether oxygens (including phenoxy) is 1. The van der Waals surface area contributed by atoms with Gasteiger partial charge in [-0.3, -0.25) is 10.0 Å². The Morgan fingerprint density at radius 1 is 1.20 bits per heavy atom. The molecule has 0 aliphatic heterocycles. The van der Waals surface area contributed by atoms with Crippen LogP contribution in [0.2, 0.25) is 0 Å². The molecular formula is C20H20FN3O5S. The van der Waals surface area contributed by atoms with E-state index in [4.69, 9.17) is 9.26 Å². The summed E-state index contributed by atoms with van der Waals surface area (Å²) in [7, 11) is -3.39. The summed E-state index contributed by atoms with van der Waals surface area (Å²) in [6.45, 7) is 3.28. The van der Waals surface area contributed by atoms with Crippen molar-refractivity contribution in [2.75, 3.05) is 16.3 Å². The van der Waals surface area contributed by atoms with E-state index in [1.165, 1.54) is 18.2 Å². The van der Waals surface area contributed by atoms with Crippen LogP contribution >= 0.6 is 0 Å². The third-order valence-corrected chi connectivity index (χ3v) is 4.75. The molecule has 1 unspecified atom stereocenters. The summed E-state index contributed by atoms with van der Waals surface area (Å²) in [6.07, 6.45) is -0.375. The van der Waals surface area contributed by atoms with Crippen LogP contribution in [0.3, 0.4) is 0 Å². The molecular weight excluding hydrogens is 413 g/mol. The van der Waals surface area contributed by atoms with Crippen LogP contribution in [0.1, 0.15) is 24.3 Å². The van der Waals surface area contributed by atoms with Crippen molar-refractivity contribution in [3.05, 3.63) is 65.6 Å². The van der Waals surface area contributed by atoms with E-state index >= 15 is 0 Å². The van der Waals surface area contributed by atoms with E-state index in [0.29, 0.717) is 28.2 Å². The second-order valence-electron chi connectivity index (χ2n) is 6.65. The minimum atomic E-state index is -3.39. The first-order valence-corrected chi connectivity index (χ1v) is 10.8. The van der Waals surface area contributed by atoms with Gasteiger partial charge in [0.25, 0.3) is 0 Å². The van der Waals surface area contributed by atoms with Gasteiger partial charge in [0, 0.05) is 11.3 Å². The largest absolute Gasteiger partial charge is 0.441 e. The number of anilines is 2. The first-order valence-electron chi connectivity index (χ1n) is 8.90. The molecule has 0 fully saturated rings. The summed E-state index contributed by atoms with van der Waals surface area (Å²) in [4.78, 5) is 12.4. The Bertz CT molecular complexity index is 1160. The molecule has 10 heteroatoms. The highest BCUT2D eigenvalue weighted by Crippen LogP contribution is 2.32. The number of sulfonamides is 1. The van der Waals surface area contributed by atoms with E-state index in [1.54, 1.807) is 44.2 Å². The van der Waals surface area contributed by atoms with Crippen molar-refractivity contribution in [3.8, 4) is 11.3 Å². The van der Waals surface area contributed by atoms with Gasteiger partial charge >= 0.3 is 6.09 Å². The van der Waals surface area contributed by atoms with Gasteiger partial charge in [-0.25, -0.2) is 17.6 Å². The van der Waals surface area contributed by atoms with Crippen LogP contribution in [0, 0.1) is 12.7 Å². The number of halogens is 1. The molecule has 0 spiro atoms. The molecule has 2 aromatic carbocycles. The van der Waals surface area contributed by atoms with Crippen molar-refractivity contribution < 1.29 is 26.9 Å². The average molecular weight is 433 g/mol. The molecule has 0 saturated heterocycles. The van der Waals surface area contributed by atoms with Gasteiger partial charge in [-0.2, -0.15) is 0 Å². The number of rotatable bonds is 6. The van der Waals surface area contributed by atoms with Crippen molar-refractivity contribution in [1.29, 1.82) is 0 Å². The number of nitrogens with zero attached hydrogens (tertiary/aromatic N) is 1. The van der Waals surface area contributed by atoms with Gasteiger partial charge in [0.2, 0.25) is 10.0 Å². The highest BCUT2D eigenvalue weighted by Gasteiger charge is 2.20. The molecule has 1 atom stereocenters. The van der Waals surface area contributed by atoms with Gasteiger partial charge in [0.1, 0.15) is 23.3 Å². The molecule has 1 amide bonds. The first-order chi connectivity index (χ1) is 14.1. The predicted molar refractivity (Wildman–Crippen MR) is 110 cm³/mol. The SMILES string of the molecule is Cc1noc(-c2ccc(NS(C)(=O)=O)cc2)c1NC(=O)OC(C)c1cccc(F)c1. The zero-order chi connectivity index (χ0) is 21.9. The number of carbonyl (C=O) groups is 1. The molecule has 158 valence electrons. The Morgan fingerprint density at radius 2 is 1.90 bits per heavy atom. The molecule has 0 bridgehead atoms. The minimum absolute atomic E-state index is 0.286. The number of amides is 1. The number of nitrogens with one attached hydrogen (secondary N) is 2. The maximum atomic E-state index is 13.4. The summed E-state index contributed by atoms with van der Waals surface area (Å²) in [5, 5.41) is 6.47. The fourth-order valence-electron chi connectivity index (χ4n) is 2.74. The molecule has 8 nitrogen and oxygen atoms in total. The van der Waals surface area contributed by atoms with Crippen molar-refractivity contribution >= 4 is 27.5 Å². The van der Waals surface area contributed by atoms with Crippen molar-refractivity contribution in [1.82, 2.24) is 5.16 Å². The summed E-state index contributed by atoms with van der Waals surface area (Å²) in [6, 6.07) is 12.2. The van der Waals surface area contributed by atoms with Gasteiger partial charge in [-0.1, -0.05) is 17.3 Å². The van der Waals surface area contributed by atoms with Crippen LogP contribution in [0.5, 0.6) is 0 Å². The zero-order valence-corrected chi connectivity index (χ0v) is 17.3. The van der Waals surface area contributed by atoms with Crippen molar-refractivity contribution in [3.63, 3.8) is 0 Å². The molecule has 0 radical (unpaired) electrons. The van der Waals surface area contributed by atoms with Crippen LogP contribution < -0.4 is 10.0 Å². The van der Waals surface area contributed by atoms with Gasteiger partial charge in [-0.15, -0.1) is 0 Å². The van der Waals surface area contributed by atoms with E-state index < -0.39 is 28.0 Å². The van der Waals surface area contributed by atoms with Crippen LogP contribution in [0.4, 0.5) is 20.6 Å². The third-order valence-electron chi connectivity index (χ3n) is 4.14. The third kappa shape index (κ3) is 5.35. The number of aromatic nitrogens is 1. The monoisotopic (exact) mass is 433 g/mol. The Morgan fingerprint density at radius 3 is 2.53 bits per heavy atom. The lowest BCUT2D eigenvalue weighted by atomic mass is 10.1. The molecule has 0 aliphatic carbocycles. The van der Waals surface area contributed by atoms with Gasteiger partial charge in [0.05, 0.1) is 6.26 Å². The van der Waals surface area contributed by atoms with Crippen LogP contribution in [0.25, 0.3) is 11.3 Å². The first kappa shape index (κ1) is 21.3. The Hall–Kier alpha value is -3.40. The summed E-state index contributed by atoms with van der Waals surface area (Å²) >= 11 is 0. The zero-order valence-electron chi connectivity index (χ0n) is 16.5. The number of aryl methyl sites for hydroxylation is 1. The number of hydrogen-bond acceptors (Lipinski definition) is 6. The fraction of sp³-hybridized carbons (Fsp3) is 0.200. The number of benzene rings is 2. The van der Waals surface area contributed by atoms with E-state index in [2.05, 4.69) is 15.2 Å². The standard InChI is InChI=1S/C20H20FN3O5S/c1-12-18(22-20(25)28-13(2)15-5-4-6-16(21)11-15)19(29-23-12)14-7-9-17(10-8-14)24-30(3,26)27/h4-11,13,24H,1-3H3,(H,22,25). The van der Waals surface area contributed by atoms with Crippen LogP contribution in [-0.2, 0) is 14.8 Å². The second-order valence-corrected chi connectivity index (χ2v) is 8.40. The van der Waals surface area contributed by atoms with Crippen molar-refractivity contribution in [2.24, 2.45) is 0 Å². The molecule has 30 heavy (non-hydrogen) atoms. The Balaban J connectivity index is 1.75. The summed E-state index contributed by atoms with van der Waals surface area (Å²) < 4.78 is 49.0. The highest BCUT2D eigenvalue weighted by molar-refractivity contribution is 7.92. The summed E-state index contributed by atoms with van der Waals surface area (Å²) in [5.74, 6) is -0.136. The molecule has 3 rings (SSSR count). The van der Waals surface area contributed by atoms with E-state index in [1.807, 2.05) is 0 Å². The molecule has 1 aromatic heterocycles. The number of carbonyl (C=O) groups excluding carboxylic acids is 1. The molecule has 0 aliphatic rings. The Labute approximate surface area is 173 Å². The lowest BCUT2D eigenvalue weighted by Crippen LogP contribution is -2.16. The van der Waals surface area contributed by atoms with Gasteiger partial charge in [0.15, 0.2) is 5.76 Å². The smallest absolute Gasteiger partial charge is 0.412 e. The topological polar surface area (TPSA) is 111 Å². The van der Waals surface area contributed by atoms with Crippen LogP contribution in [0.15, 0.2) is 53.1 Å². The maximum Gasteiger partial charge on any atom is 0.412 e. The average Bonchev–Trinajstić information content (AvgIpc) is 3.01. The normalized spacial score (nSPS) is 12.3. The van der Waals surface area contributed by atoms with E-state index in [0.717, 1.165) is 6.26 Å². The lowest BCUT2D eigenvalue weighted by Gasteiger charge is -2.14. The lowest BCUT2D eigenvalue weighted by molar-refractivity contribution is 0.121. The molecule has 0 saturated carbocycles. The number of hydrogen-bond donors (Lipinski definition) is 2. The van der Waals surface area contributed by atoms with E-state index in [9.17, 15) is 17.6 Å². The van der Waals surface area contributed by atoms with E-state index in [-0.39, 0.29) is 5.76 Å². The second kappa shape index (κ2) is 8.54. The quantitative estimate of drug-likeness (QED) is 0.593. The highest BCUT2D eigenvalue weighted by atomic mass is 32.2. The van der Waals surface area contributed by atoms with Crippen molar-refractivity contribution in [2.45, 2.75) is 20.0 Å². The van der Waals surface area contributed by atoms with Crippen LogP contribution in [-0.4, -0.2) is 25.9 Å². The fourth-order valence-corrected chi connectivity index (χ4v) is 3.30. The molecule has 1 heterocycles. The predicted octanol–water partition coefficient (Wildman–Crippen LogP) is 4.47. The molecule has 3 aromatic rings. The maximum absolute atomic E-state index is 13.4. The van der Waals surface area contributed by atoms with Gasteiger partial charge < -0.3 is 9.26 Å². The summed E-state index contributed by atoms with van der Waals surface area (Å²) in [5.41, 5.74) is 2.22.